The number of rotatable bonds is 4. The van der Waals surface area contributed by atoms with E-state index in [1.54, 1.807) is 0 Å². The van der Waals surface area contributed by atoms with Gasteiger partial charge >= 0.3 is 6.09 Å². The Labute approximate surface area is 151 Å². The molecule has 5 heteroatoms. The second-order valence-corrected chi connectivity index (χ2v) is 7.33. The van der Waals surface area contributed by atoms with E-state index in [0.29, 0.717) is 0 Å². The third-order valence-corrected chi connectivity index (χ3v) is 5.54. The van der Waals surface area contributed by atoms with Crippen molar-refractivity contribution >= 4 is 6.09 Å². The quantitative estimate of drug-likeness (QED) is 0.841. The zero-order valence-electron chi connectivity index (χ0n) is 15.8. The van der Waals surface area contributed by atoms with Crippen LogP contribution in [-0.4, -0.2) is 67.7 Å². The molecule has 0 aromatic heterocycles. The zero-order chi connectivity index (χ0) is 17.8. The van der Waals surface area contributed by atoms with Crippen molar-refractivity contribution in [2.45, 2.75) is 38.8 Å². The lowest BCUT2D eigenvalue weighted by Gasteiger charge is -2.37. The summed E-state index contributed by atoms with van der Waals surface area (Å²) in [5.41, 5.74) is 4.11. The molecule has 0 saturated carbocycles. The maximum absolute atomic E-state index is 12.1. The molecule has 138 valence electrons. The topological polar surface area (TPSA) is 36.0 Å². The molecular weight excluding hydrogens is 314 g/mol. The first-order valence-electron chi connectivity index (χ1n) is 9.49. The van der Waals surface area contributed by atoms with E-state index in [-0.39, 0.29) is 12.1 Å². The molecule has 2 aliphatic rings. The molecule has 0 bridgehead atoms. The van der Waals surface area contributed by atoms with Crippen LogP contribution in [0.3, 0.4) is 0 Å². The summed E-state index contributed by atoms with van der Waals surface area (Å²) in [4.78, 5) is 18.9. The fourth-order valence-corrected chi connectivity index (χ4v) is 4.05. The van der Waals surface area contributed by atoms with Gasteiger partial charge in [-0.25, -0.2) is 4.79 Å². The maximum atomic E-state index is 12.1. The molecular formula is C20H31N3O2. The number of fused-ring (bicyclic) bond motifs is 1. The number of nitrogens with zero attached hydrogens (tertiary/aromatic N) is 3. The molecule has 3 rings (SSSR count). The Morgan fingerprint density at radius 3 is 2.64 bits per heavy atom. The third kappa shape index (κ3) is 4.15. The second-order valence-electron chi connectivity index (χ2n) is 7.33. The van der Waals surface area contributed by atoms with Crippen LogP contribution in [0.15, 0.2) is 18.2 Å². The summed E-state index contributed by atoms with van der Waals surface area (Å²) < 4.78 is 4.99. The number of piperazine rings is 1. The van der Waals surface area contributed by atoms with Crippen molar-refractivity contribution in [1.82, 2.24) is 14.7 Å². The van der Waals surface area contributed by atoms with Gasteiger partial charge in [-0.3, -0.25) is 4.90 Å². The first-order chi connectivity index (χ1) is 12.1. The molecule has 0 N–H and O–H groups in total. The van der Waals surface area contributed by atoms with E-state index < -0.39 is 0 Å². The monoisotopic (exact) mass is 345 g/mol. The highest BCUT2D eigenvalue weighted by Crippen LogP contribution is 2.34. The number of ether oxygens (including phenoxy) is 1. The van der Waals surface area contributed by atoms with Crippen LogP contribution in [0.4, 0.5) is 4.79 Å². The van der Waals surface area contributed by atoms with Crippen molar-refractivity contribution < 1.29 is 9.53 Å². The number of hydrogen-bond donors (Lipinski definition) is 0. The predicted octanol–water partition coefficient (Wildman–Crippen LogP) is 2.90. The van der Waals surface area contributed by atoms with Gasteiger partial charge in [-0.15, -0.1) is 0 Å². The average molecular weight is 345 g/mol. The molecule has 1 aromatic rings. The Kier molecular flexibility index (Phi) is 5.97. The van der Waals surface area contributed by atoms with Crippen LogP contribution in [0.5, 0.6) is 0 Å². The van der Waals surface area contributed by atoms with E-state index in [1.807, 2.05) is 4.90 Å². The molecule has 25 heavy (non-hydrogen) atoms. The van der Waals surface area contributed by atoms with E-state index in [2.05, 4.69) is 42.0 Å². The fraction of sp³-hybridized carbons (Fsp3) is 0.650. The van der Waals surface area contributed by atoms with Gasteiger partial charge in [-0.1, -0.05) is 31.5 Å². The highest BCUT2D eigenvalue weighted by Gasteiger charge is 2.31. The Morgan fingerprint density at radius 1 is 1.20 bits per heavy atom. The van der Waals surface area contributed by atoms with Crippen LogP contribution in [0.25, 0.3) is 0 Å². The molecule has 0 aliphatic carbocycles. The Hall–Kier alpha value is -1.59. The molecule has 5 nitrogen and oxygen atoms in total. The van der Waals surface area contributed by atoms with Crippen molar-refractivity contribution in [3.8, 4) is 0 Å². The average Bonchev–Trinajstić information content (AvgIpc) is 2.63. The molecule has 1 saturated heterocycles. The summed E-state index contributed by atoms with van der Waals surface area (Å²) in [6.45, 7) is 8.54. The van der Waals surface area contributed by atoms with E-state index >= 15 is 0 Å². The van der Waals surface area contributed by atoms with Gasteiger partial charge < -0.3 is 14.5 Å². The number of carbonyl (C=O) groups is 1. The smallest absolute Gasteiger partial charge is 0.410 e. The first-order valence-corrected chi connectivity index (χ1v) is 9.49. The van der Waals surface area contributed by atoms with E-state index in [9.17, 15) is 4.79 Å². The lowest BCUT2D eigenvalue weighted by molar-refractivity contribution is 0.0980. The lowest BCUT2D eigenvalue weighted by atomic mass is 9.89. The third-order valence-electron chi connectivity index (χ3n) is 5.54. The van der Waals surface area contributed by atoms with E-state index in [4.69, 9.17) is 4.74 Å². The molecule has 1 fully saturated rings. The summed E-state index contributed by atoms with van der Waals surface area (Å²) in [6, 6.07) is 7.01. The summed E-state index contributed by atoms with van der Waals surface area (Å²) in [6.07, 6.45) is 2.76. The standard InChI is InChI=1S/C20H31N3O2/c1-4-5-19-18-7-6-16(15-22-12-10-21(2)11-13-22)14-17(18)8-9-23(19)20(24)25-3/h6-7,14,19H,4-5,8-13,15H2,1-3H3. The second kappa shape index (κ2) is 8.19. The van der Waals surface area contributed by atoms with Crippen molar-refractivity contribution in [2.24, 2.45) is 0 Å². The number of carbonyl (C=O) groups excluding carboxylic acids is 1. The summed E-state index contributed by atoms with van der Waals surface area (Å²) in [7, 11) is 3.66. The molecule has 2 aliphatic heterocycles. The number of benzene rings is 1. The molecule has 1 atom stereocenters. The molecule has 1 amide bonds. The van der Waals surface area contributed by atoms with Crippen LogP contribution in [0.2, 0.25) is 0 Å². The highest BCUT2D eigenvalue weighted by atomic mass is 16.5. The van der Waals surface area contributed by atoms with Gasteiger partial charge in [-0.2, -0.15) is 0 Å². The normalized spacial score (nSPS) is 21.9. The SMILES string of the molecule is CCCC1c2ccc(CN3CCN(C)CC3)cc2CCN1C(=O)OC. The van der Waals surface area contributed by atoms with Gasteiger partial charge in [0.2, 0.25) is 0 Å². The highest BCUT2D eigenvalue weighted by molar-refractivity contribution is 5.69. The maximum Gasteiger partial charge on any atom is 0.410 e. The van der Waals surface area contributed by atoms with E-state index in [0.717, 1.165) is 58.5 Å². The van der Waals surface area contributed by atoms with Crippen molar-refractivity contribution in [3.05, 3.63) is 34.9 Å². The van der Waals surface area contributed by atoms with Gasteiger partial charge in [0.1, 0.15) is 0 Å². The van der Waals surface area contributed by atoms with Crippen LogP contribution in [-0.2, 0) is 17.7 Å². The van der Waals surface area contributed by atoms with Crippen LogP contribution in [0, 0.1) is 0 Å². The minimum atomic E-state index is -0.203. The number of methoxy groups -OCH3 is 1. The minimum absolute atomic E-state index is 0.152. The number of amides is 1. The number of likely N-dealkylation sites (N-methyl/N-ethyl adjacent to an activating group) is 1. The molecule has 2 heterocycles. The van der Waals surface area contributed by atoms with Gasteiger partial charge in [0.05, 0.1) is 13.2 Å². The van der Waals surface area contributed by atoms with Gasteiger partial charge in [0.25, 0.3) is 0 Å². The molecule has 1 aromatic carbocycles. The molecule has 0 spiro atoms. The van der Waals surface area contributed by atoms with Crippen molar-refractivity contribution in [3.63, 3.8) is 0 Å². The number of hydrogen-bond acceptors (Lipinski definition) is 4. The summed E-state index contributed by atoms with van der Waals surface area (Å²) in [5, 5.41) is 0. The molecule has 0 radical (unpaired) electrons. The Morgan fingerprint density at radius 2 is 1.96 bits per heavy atom. The van der Waals surface area contributed by atoms with Crippen LogP contribution < -0.4 is 0 Å². The van der Waals surface area contributed by atoms with Crippen molar-refractivity contribution in [1.29, 1.82) is 0 Å². The first kappa shape index (κ1) is 18.2. The summed E-state index contributed by atoms with van der Waals surface area (Å²) in [5.74, 6) is 0. The largest absolute Gasteiger partial charge is 0.453 e. The zero-order valence-corrected chi connectivity index (χ0v) is 15.8. The van der Waals surface area contributed by atoms with Gasteiger partial charge in [-0.05, 0) is 36.6 Å². The van der Waals surface area contributed by atoms with Crippen molar-refractivity contribution in [2.75, 3.05) is 46.9 Å². The fourth-order valence-electron chi connectivity index (χ4n) is 4.05. The molecule has 1 unspecified atom stereocenters. The lowest BCUT2D eigenvalue weighted by Crippen LogP contribution is -2.44. The van der Waals surface area contributed by atoms with E-state index in [1.165, 1.54) is 23.8 Å². The minimum Gasteiger partial charge on any atom is -0.453 e. The van der Waals surface area contributed by atoms with Crippen LogP contribution in [0.1, 0.15) is 42.5 Å². The Bertz CT molecular complexity index is 597. The Balaban J connectivity index is 1.75. The predicted molar refractivity (Wildman–Crippen MR) is 99.7 cm³/mol. The van der Waals surface area contributed by atoms with Gasteiger partial charge in [0, 0.05) is 39.3 Å². The van der Waals surface area contributed by atoms with Gasteiger partial charge in [0.15, 0.2) is 0 Å². The van der Waals surface area contributed by atoms with Crippen LogP contribution >= 0.6 is 0 Å². The summed E-state index contributed by atoms with van der Waals surface area (Å²) >= 11 is 0.